The van der Waals surface area contributed by atoms with Gasteiger partial charge in [-0.2, -0.15) is 0 Å². The normalized spacial score (nSPS) is 10.3. The number of nitrogens with zero attached hydrogens (tertiary/aromatic N) is 1. The molecule has 1 aromatic heterocycles. The first-order chi connectivity index (χ1) is 9.83. The third kappa shape index (κ3) is 3.99. The molecule has 1 aromatic carbocycles. The summed E-state index contributed by atoms with van der Waals surface area (Å²) in [6.45, 7) is 5.16. The Labute approximate surface area is 120 Å². The summed E-state index contributed by atoms with van der Waals surface area (Å²) in [5, 5.41) is 0. The van der Waals surface area contributed by atoms with E-state index in [9.17, 15) is 0 Å². The van der Waals surface area contributed by atoms with Crippen molar-refractivity contribution < 1.29 is 4.42 Å². The summed E-state index contributed by atoms with van der Waals surface area (Å²) in [5.74, 6) is 7.04. The van der Waals surface area contributed by atoms with Gasteiger partial charge in [-0.15, -0.1) is 0 Å². The van der Waals surface area contributed by atoms with E-state index in [4.69, 9.17) is 10.2 Å². The topological polar surface area (TPSA) is 42.4 Å². The van der Waals surface area contributed by atoms with Crippen LogP contribution in [0.25, 0.3) is 0 Å². The average Bonchev–Trinajstić information content (AvgIpc) is 2.98. The summed E-state index contributed by atoms with van der Waals surface area (Å²) < 4.78 is 5.41. The van der Waals surface area contributed by atoms with Crippen molar-refractivity contribution in [3.8, 4) is 11.8 Å². The molecule has 0 bridgehead atoms. The molecule has 20 heavy (non-hydrogen) atoms. The van der Waals surface area contributed by atoms with Gasteiger partial charge in [0.25, 0.3) is 0 Å². The molecular weight excluding hydrogens is 248 g/mol. The van der Waals surface area contributed by atoms with Crippen LogP contribution in [0.4, 0.5) is 0 Å². The van der Waals surface area contributed by atoms with Crippen molar-refractivity contribution in [3.63, 3.8) is 0 Å². The maximum Gasteiger partial charge on any atom is 0.117 e. The van der Waals surface area contributed by atoms with Gasteiger partial charge in [-0.1, -0.05) is 37.0 Å². The average molecular weight is 268 g/mol. The van der Waals surface area contributed by atoms with Crippen LogP contribution in [-0.2, 0) is 13.1 Å². The number of nitrogens with two attached hydrogens (primary N) is 1. The Balaban J connectivity index is 2.11. The largest absolute Gasteiger partial charge is 0.468 e. The molecule has 2 aromatic rings. The standard InChI is InChI=1S/C17H20N2O/c1-2-19(14-17-10-6-12-20-17)13-16-8-4-3-7-15(16)9-5-11-18/h3-4,6-8,10,12H,2,11,13-14,18H2,1H3. The van der Waals surface area contributed by atoms with Crippen molar-refractivity contribution in [1.29, 1.82) is 0 Å². The second kappa shape index (κ2) is 7.54. The Morgan fingerprint density at radius 3 is 2.70 bits per heavy atom. The highest BCUT2D eigenvalue weighted by atomic mass is 16.3. The molecule has 0 saturated heterocycles. The minimum absolute atomic E-state index is 0.387. The van der Waals surface area contributed by atoms with Crippen LogP contribution < -0.4 is 5.73 Å². The first-order valence-corrected chi connectivity index (χ1v) is 6.85. The molecular formula is C17H20N2O. The monoisotopic (exact) mass is 268 g/mol. The van der Waals surface area contributed by atoms with Crippen molar-refractivity contribution in [3.05, 3.63) is 59.5 Å². The second-order valence-corrected chi connectivity index (χ2v) is 4.55. The highest BCUT2D eigenvalue weighted by Gasteiger charge is 2.08. The molecule has 3 nitrogen and oxygen atoms in total. The molecule has 0 aliphatic heterocycles. The predicted octanol–water partition coefficient (Wildman–Crippen LogP) is 2.61. The molecule has 0 unspecified atom stereocenters. The second-order valence-electron chi connectivity index (χ2n) is 4.55. The van der Waals surface area contributed by atoms with E-state index in [2.05, 4.69) is 29.7 Å². The maximum atomic E-state index is 5.45. The Morgan fingerprint density at radius 1 is 1.15 bits per heavy atom. The summed E-state index contributed by atoms with van der Waals surface area (Å²) in [7, 11) is 0. The fraction of sp³-hybridized carbons (Fsp3) is 0.294. The van der Waals surface area contributed by atoms with Gasteiger partial charge in [-0.3, -0.25) is 4.90 Å². The van der Waals surface area contributed by atoms with Crippen molar-refractivity contribution in [1.82, 2.24) is 4.90 Å². The minimum Gasteiger partial charge on any atom is -0.468 e. The van der Waals surface area contributed by atoms with E-state index in [-0.39, 0.29) is 0 Å². The van der Waals surface area contributed by atoms with Crippen molar-refractivity contribution in [2.45, 2.75) is 20.0 Å². The van der Waals surface area contributed by atoms with E-state index in [1.165, 1.54) is 5.56 Å². The van der Waals surface area contributed by atoms with Gasteiger partial charge in [0.05, 0.1) is 19.4 Å². The van der Waals surface area contributed by atoms with Crippen LogP contribution >= 0.6 is 0 Å². The number of rotatable bonds is 5. The van der Waals surface area contributed by atoms with Crippen LogP contribution in [0, 0.1) is 11.8 Å². The molecule has 0 aliphatic carbocycles. The zero-order valence-corrected chi connectivity index (χ0v) is 11.8. The van der Waals surface area contributed by atoms with E-state index in [0.29, 0.717) is 6.54 Å². The van der Waals surface area contributed by atoms with Crippen molar-refractivity contribution in [2.75, 3.05) is 13.1 Å². The lowest BCUT2D eigenvalue weighted by molar-refractivity contribution is 0.247. The third-order valence-corrected chi connectivity index (χ3v) is 3.14. The van der Waals surface area contributed by atoms with Gasteiger partial charge in [0.15, 0.2) is 0 Å². The SMILES string of the molecule is CCN(Cc1ccco1)Cc1ccccc1C#CCN. The van der Waals surface area contributed by atoms with E-state index >= 15 is 0 Å². The summed E-state index contributed by atoms with van der Waals surface area (Å²) in [5.41, 5.74) is 7.72. The van der Waals surface area contributed by atoms with Crippen LogP contribution in [0.2, 0.25) is 0 Å². The predicted molar refractivity (Wildman–Crippen MR) is 80.9 cm³/mol. The summed E-state index contributed by atoms with van der Waals surface area (Å²) >= 11 is 0. The minimum atomic E-state index is 0.387. The van der Waals surface area contributed by atoms with Crippen molar-refractivity contribution in [2.24, 2.45) is 5.73 Å². The van der Waals surface area contributed by atoms with Gasteiger partial charge in [-0.05, 0) is 30.3 Å². The van der Waals surface area contributed by atoms with E-state index < -0.39 is 0 Å². The number of benzene rings is 1. The fourth-order valence-corrected chi connectivity index (χ4v) is 2.07. The molecule has 0 atom stereocenters. The van der Waals surface area contributed by atoms with E-state index in [1.54, 1.807) is 6.26 Å². The molecule has 2 rings (SSSR count). The smallest absolute Gasteiger partial charge is 0.117 e. The van der Waals surface area contributed by atoms with Gasteiger partial charge in [-0.25, -0.2) is 0 Å². The highest BCUT2D eigenvalue weighted by Crippen LogP contribution is 2.13. The molecule has 1 heterocycles. The van der Waals surface area contributed by atoms with Gasteiger partial charge in [0.1, 0.15) is 5.76 Å². The first-order valence-electron chi connectivity index (χ1n) is 6.85. The highest BCUT2D eigenvalue weighted by molar-refractivity contribution is 5.41. The van der Waals surface area contributed by atoms with Crippen LogP contribution in [0.5, 0.6) is 0 Å². The van der Waals surface area contributed by atoms with Gasteiger partial charge in [0, 0.05) is 12.1 Å². The lowest BCUT2D eigenvalue weighted by Crippen LogP contribution is -2.22. The van der Waals surface area contributed by atoms with Gasteiger partial charge >= 0.3 is 0 Å². The molecule has 0 saturated carbocycles. The Hall–Kier alpha value is -2.02. The number of furan rings is 1. The molecule has 3 heteroatoms. The zero-order chi connectivity index (χ0) is 14.2. The van der Waals surface area contributed by atoms with Crippen LogP contribution in [0.1, 0.15) is 23.8 Å². The summed E-state index contributed by atoms with van der Waals surface area (Å²) in [4.78, 5) is 2.32. The van der Waals surface area contributed by atoms with Crippen molar-refractivity contribution >= 4 is 0 Å². The molecule has 104 valence electrons. The molecule has 2 N–H and O–H groups in total. The number of hydrogen-bond donors (Lipinski definition) is 1. The van der Waals surface area contributed by atoms with Gasteiger partial charge in [0.2, 0.25) is 0 Å². The van der Waals surface area contributed by atoms with Gasteiger partial charge < -0.3 is 10.2 Å². The maximum absolute atomic E-state index is 5.45. The summed E-state index contributed by atoms with van der Waals surface area (Å²) in [6, 6.07) is 12.1. The molecule has 0 radical (unpaired) electrons. The zero-order valence-electron chi connectivity index (χ0n) is 11.8. The first kappa shape index (κ1) is 14.4. The summed E-state index contributed by atoms with van der Waals surface area (Å²) in [6.07, 6.45) is 1.71. The Kier molecular flexibility index (Phi) is 5.43. The molecule has 0 aliphatic rings. The third-order valence-electron chi connectivity index (χ3n) is 3.14. The number of hydrogen-bond acceptors (Lipinski definition) is 3. The van der Waals surface area contributed by atoms with E-state index in [0.717, 1.165) is 31.0 Å². The van der Waals surface area contributed by atoms with Crippen LogP contribution in [0.3, 0.4) is 0 Å². The Bertz CT molecular complexity index is 579. The Morgan fingerprint density at radius 2 is 2.00 bits per heavy atom. The fourth-order valence-electron chi connectivity index (χ4n) is 2.07. The lowest BCUT2D eigenvalue weighted by Gasteiger charge is -2.20. The quantitative estimate of drug-likeness (QED) is 0.848. The van der Waals surface area contributed by atoms with Crippen LogP contribution in [0.15, 0.2) is 47.1 Å². The lowest BCUT2D eigenvalue weighted by atomic mass is 10.1. The molecule has 0 amide bonds. The van der Waals surface area contributed by atoms with Crippen LogP contribution in [-0.4, -0.2) is 18.0 Å². The van der Waals surface area contributed by atoms with E-state index in [1.807, 2.05) is 30.3 Å². The molecule has 0 spiro atoms. The molecule has 0 fully saturated rings.